The number of carbonyl (C=O) groups excluding carboxylic acids is 1. The van der Waals surface area contributed by atoms with E-state index in [1.165, 1.54) is 0 Å². The predicted octanol–water partition coefficient (Wildman–Crippen LogP) is 1.39. The predicted molar refractivity (Wildman–Crippen MR) is 59.7 cm³/mol. The number of aliphatic hydroxyl groups is 1. The van der Waals surface area contributed by atoms with Crippen molar-refractivity contribution in [3.63, 3.8) is 0 Å². The Balaban J connectivity index is 2.18. The molecule has 0 bridgehead atoms. The van der Waals surface area contributed by atoms with E-state index in [0.29, 0.717) is 6.54 Å². The van der Waals surface area contributed by atoms with Gasteiger partial charge in [-0.25, -0.2) is 4.79 Å². The Morgan fingerprint density at radius 3 is 2.80 bits per heavy atom. The van der Waals surface area contributed by atoms with Crippen LogP contribution in [0.5, 0.6) is 0 Å². The summed E-state index contributed by atoms with van der Waals surface area (Å²) < 4.78 is 0. The summed E-state index contributed by atoms with van der Waals surface area (Å²) in [5.41, 5.74) is 0. The van der Waals surface area contributed by atoms with Crippen LogP contribution in [0.1, 0.15) is 45.4 Å². The van der Waals surface area contributed by atoms with E-state index < -0.39 is 0 Å². The number of urea groups is 1. The molecule has 15 heavy (non-hydrogen) atoms. The molecule has 1 aliphatic rings. The molecule has 88 valence electrons. The van der Waals surface area contributed by atoms with Crippen LogP contribution >= 0.6 is 0 Å². The summed E-state index contributed by atoms with van der Waals surface area (Å²) in [6.45, 7) is 2.80. The topological polar surface area (TPSA) is 61.4 Å². The van der Waals surface area contributed by atoms with Crippen molar-refractivity contribution in [3.05, 3.63) is 0 Å². The van der Waals surface area contributed by atoms with Gasteiger partial charge in [-0.1, -0.05) is 26.2 Å². The third-order valence-electron chi connectivity index (χ3n) is 2.86. The maximum atomic E-state index is 11.4. The average Bonchev–Trinajstić information content (AvgIpc) is 2.22. The van der Waals surface area contributed by atoms with E-state index in [1.807, 2.05) is 0 Å². The Hall–Kier alpha value is -0.770. The number of unbranched alkanes of at least 4 members (excludes halogenated alkanes) is 1. The van der Waals surface area contributed by atoms with Crippen LogP contribution in [0.25, 0.3) is 0 Å². The first kappa shape index (κ1) is 12.3. The molecule has 1 saturated carbocycles. The van der Waals surface area contributed by atoms with Crippen molar-refractivity contribution in [1.29, 1.82) is 0 Å². The zero-order chi connectivity index (χ0) is 11.1. The summed E-state index contributed by atoms with van der Waals surface area (Å²) in [6, 6.07) is -0.199. The van der Waals surface area contributed by atoms with Gasteiger partial charge in [-0.2, -0.15) is 0 Å². The van der Waals surface area contributed by atoms with E-state index in [9.17, 15) is 9.90 Å². The van der Waals surface area contributed by atoms with Crippen molar-refractivity contribution in [2.24, 2.45) is 0 Å². The molecule has 2 amide bonds. The quantitative estimate of drug-likeness (QED) is 0.619. The van der Waals surface area contributed by atoms with E-state index in [-0.39, 0.29) is 18.2 Å². The molecule has 2 unspecified atom stereocenters. The van der Waals surface area contributed by atoms with Crippen molar-refractivity contribution < 1.29 is 9.90 Å². The van der Waals surface area contributed by atoms with Gasteiger partial charge in [-0.05, 0) is 19.3 Å². The highest BCUT2D eigenvalue weighted by atomic mass is 16.3. The zero-order valence-corrected chi connectivity index (χ0v) is 9.46. The Morgan fingerprint density at radius 1 is 1.40 bits per heavy atom. The molecule has 4 nitrogen and oxygen atoms in total. The Bertz CT molecular complexity index is 197. The van der Waals surface area contributed by atoms with Gasteiger partial charge >= 0.3 is 6.03 Å². The second-order valence-electron chi connectivity index (χ2n) is 4.21. The van der Waals surface area contributed by atoms with Gasteiger partial charge in [0.2, 0.25) is 0 Å². The lowest BCUT2D eigenvalue weighted by Crippen LogP contribution is -2.49. The first-order valence-electron chi connectivity index (χ1n) is 5.96. The first-order valence-corrected chi connectivity index (χ1v) is 5.96. The van der Waals surface area contributed by atoms with E-state index in [1.54, 1.807) is 0 Å². The van der Waals surface area contributed by atoms with Gasteiger partial charge in [0, 0.05) is 6.54 Å². The molecule has 0 radical (unpaired) electrons. The van der Waals surface area contributed by atoms with Crippen molar-refractivity contribution >= 4 is 6.03 Å². The molecule has 1 fully saturated rings. The molecule has 0 aromatic rings. The third kappa shape index (κ3) is 4.51. The van der Waals surface area contributed by atoms with Crippen molar-refractivity contribution in [3.8, 4) is 0 Å². The normalized spacial score (nSPS) is 26.0. The molecule has 1 aliphatic carbocycles. The largest absolute Gasteiger partial charge is 0.391 e. The number of hydrogen-bond acceptors (Lipinski definition) is 2. The number of nitrogens with one attached hydrogen (secondary N) is 2. The summed E-state index contributed by atoms with van der Waals surface area (Å²) in [7, 11) is 0. The standard InChI is InChI=1S/C11H22N2O2/c1-2-3-8-12-11(15)13-9-6-4-5-7-10(9)14/h9-10,14H,2-8H2,1H3,(H2,12,13,15). The Morgan fingerprint density at radius 2 is 2.13 bits per heavy atom. The number of amides is 2. The second-order valence-corrected chi connectivity index (χ2v) is 4.21. The summed E-state index contributed by atoms with van der Waals surface area (Å²) in [5.74, 6) is 0. The maximum absolute atomic E-state index is 11.4. The van der Waals surface area contributed by atoms with E-state index >= 15 is 0 Å². The van der Waals surface area contributed by atoms with Crippen LogP contribution in [0, 0.1) is 0 Å². The third-order valence-corrected chi connectivity index (χ3v) is 2.86. The summed E-state index contributed by atoms with van der Waals surface area (Å²) in [5, 5.41) is 15.3. The lowest BCUT2D eigenvalue weighted by Gasteiger charge is -2.28. The average molecular weight is 214 g/mol. The number of aliphatic hydroxyl groups excluding tert-OH is 1. The molecule has 0 aromatic heterocycles. The van der Waals surface area contributed by atoms with Gasteiger partial charge in [0.15, 0.2) is 0 Å². The fraction of sp³-hybridized carbons (Fsp3) is 0.909. The molecular weight excluding hydrogens is 192 g/mol. The van der Waals surface area contributed by atoms with Gasteiger partial charge in [0.05, 0.1) is 12.1 Å². The summed E-state index contributed by atoms with van der Waals surface area (Å²) in [4.78, 5) is 11.4. The monoisotopic (exact) mass is 214 g/mol. The molecule has 0 spiro atoms. The smallest absolute Gasteiger partial charge is 0.315 e. The molecule has 3 N–H and O–H groups in total. The molecule has 0 aliphatic heterocycles. The highest BCUT2D eigenvalue weighted by Gasteiger charge is 2.23. The fourth-order valence-corrected chi connectivity index (χ4v) is 1.88. The Labute approximate surface area is 91.4 Å². The summed E-state index contributed by atoms with van der Waals surface area (Å²) >= 11 is 0. The molecule has 2 atom stereocenters. The fourth-order valence-electron chi connectivity index (χ4n) is 1.88. The van der Waals surface area contributed by atoms with Crippen molar-refractivity contribution in [2.45, 2.75) is 57.6 Å². The molecule has 1 rings (SSSR count). The van der Waals surface area contributed by atoms with Crippen LogP contribution in [-0.2, 0) is 0 Å². The van der Waals surface area contributed by atoms with Crippen molar-refractivity contribution in [1.82, 2.24) is 10.6 Å². The maximum Gasteiger partial charge on any atom is 0.315 e. The van der Waals surface area contributed by atoms with Crippen LogP contribution in [0.3, 0.4) is 0 Å². The van der Waals surface area contributed by atoms with Crippen LogP contribution in [0.2, 0.25) is 0 Å². The number of rotatable bonds is 4. The van der Waals surface area contributed by atoms with Crippen LogP contribution in [0.15, 0.2) is 0 Å². The molecule has 0 saturated heterocycles. The highest BCUT2D eigenvalue weighted by Crippen LogP contribution is 2.17. The highest BCUT2D eigenvalue weighted by molar-refractivity contribution is 5.74. The lowest BCUT2D eigenvalue weighted by molar-refractivity contribution is 0.0943. The zero-order valence-electron chi connectivity index (χ0n) is 9.46. The number of carbonyl (C=O) groups is 1. The first-order chi connectivity index (χ1) is 7.24. The lowest BCUT2D eigenvalue weighted by atomic mass is 9.93. The van der Waals surface area contributed by atoms with Gasteiger partial charge in [-0.3, -0.25) is 0 Å². The minimum absolute atomic E-state index is 0.0552. The summed E-state index contributed by atoms with van der Waals surface area (Å²) in [6.07, 6.45) is 5.57. The van der Waals surface area contributed by atoms with Gasteiger partial charge in [0.1, 0.15) is 0 Å². The second kappa shape index (κ2) is 6.67. The Kier molecular flexibility index (Phi) is 5.47. The van der Waals surface area contributed by atoms with Crippen molar-refractivity contribution in [2.75, 3.05) is 6.54 Å². The minimum Gasteiger partial charge on any atom is -0.391 e. The minimum atomic E-state index is -0.365. The van der Waals surface area contributed by atoms with Crippen LogP contribution in [-0.4, -0.2) is 29.8 Å². The van der Waals surface area contributed by atoms with E-state index in [2.05, 4.69) is 17.6 Å². The molecular formula is C11H22N2O2. The van der Waals surface area contributed by atoms with Crippen LogP contribution in [0.4, 0.5) is 4.79 Å². The van der Waals surface area contributed by atoms with Gasteiger partial charge in [-0.15, -0.1) is 0 Å². The molecule has 4 heteroatoms. The van der Waals surface area contributed by atoms with Crippen LogP contribution < -0.4 is 10.6 Å². The van der Waals surface area contributed by atoms with Gasteiger partial charge in [0.25, 0.3) is 0 Å². The SMILES string of the molecule is CCCCNC(=O)NC1CCCCC1O. The van der Waals surface area contributed by atoms with Gasteiger partial charge < -0.3 is 15.7 Å². The molecule has 0 aromatic carbocycles. The number of hydrogen-bond donors (Lipinski definition) is 3. The molecule has 0 heterocycles. The van der Waals surface area contributed by atoms with E-state index in [0.717, 1.165) is 38.5 Å². The van der Waals surface area contributed by atoms with E-state index in [4.69, 9.17) is 0 Å².